The van der Waals surface area contributed by atoms with E-state index in [-0.39, 0.29) is 0 Å². The predicted octanol–water partition coefficient (Wildman–Crippen LogP) is 1.18. The Morgan fingerprint density at radius 3 is 2.94 bits per heavy atom. The van der Waals surface area contributed by atoms with Crippen molar-refractivity contribution in [2.45, 2.75) is 6.42 Å². The van der Waals surface area contributed by atoms with E-state index in [9.17, 15) is 0 Å². The summed E-state index contributed by atoms with van der Waals surface area (Å²) in [7, 11) is 1.70. The number of nitrogens with two attached hydrogens (primary N) is 1. The molecule has 0 saturated carbocycles. The van der Waals surface area contributed by atoms with E-state index in [2.05, 4.69) is 0 Å². The molecule has 0 spiro atoms. The van der Waals surface area contributed by atoms with Gasteiger partial charge in [-0.15, -0.1) is 0 Å². The molecule has 88 valence electrons. The van der Waals surface area contributed by atoms with Gasteiger partial charge in [-0.05, 0) is 36.6 Å². The van der Waals surface area contributed by atoms with E-state index in [0.29, 0.717) is 25.9 Å². The minimum absolute atomic E-state index is 0.317. The molecule has 16 heavy (non-hydrogen) atoms. The van der Waals surface area contributed by atoms with Crippen molar-refractivity contribution in [3.8, 4) is 11.5 Å². The van der Waals surface area contributed by atoms with Crippen LogP contribution in [0.4, 0.5) is 0 Å². The Balaban J connectivity index is 2.04. The molecule has 0 aromatic heterocycles. The van der Waals surface area contributed by atoms with Crippen LogP contribution in [0.15, 0.2) is 18.2 Å². The van der Waals surface area contributed by atoms with Gasteiger partial charge in [-0.2, -0.15) is 0 Å². The monoisotopic (exact) mass is 223 g/mol. The highest BCUT2D eigenvalue weighted by atomic mass is 16.7. The Morgan fingerprint density at radius 1 is 1.38 bits per heavy atom. The molecule has 1 aliphatic rings. The van der Waals surface area contributed by atoms with Gasteiger partial charge in [0, 0.05) is 7.11 Å². The third-order valence-corrected chi connectivity index (χ3v) is 2.70. The minimum Gasteiger partial charge on any atom is -0.454 e. The highest BCUT2D eigenvalue weighted by molar-refractivity contribution is 5.44. The summed E-state index contributed by atoms with van der Waals surface area (Å²) in [6, 6.07) is 6.00. The summed E-state index contributed by atoms with van der Waals surface area (Å²) in [4.78, 5) is 0. The molecule has 4 heteroatoms. The maximum atomic E-state index is 5.68. The standard InChI is InChI=1S/C12H17NO3/c1-14-7-10(6-13)4-9-2-3-11-12(5-9)16-8-15-11/h2-3,5,10H,4,6-8,13H2,1H3. The number of benzene rings is 1. The number of fused-ring (bicyclic) bond motifs is 1. The molecule has 1 aliphatic heterocycles. The van der Waals surface area contributed by atoms with Gasteiger partial charge in [-0.3, -0.25) is 0 Å². The zero-order valence-electron chi connectivity index (χ0n) is 9.44. The van der Waals surface area contributed by atoms with Gasteiger partial charge in [-0.1, -0.05) is 6.07 Å². The van der Waals surface area contributed by atoms with Crippen LogP contribution >= 0.6 is 0 Å². The van der Waals surface area contributed by atoms with Gasteiger partial charge in [0.1, 0.15) is 0 Å². The summed E-state index contributed by atoms with van der Waals surface area (Å²) in [5, 5.41) is 0. The molecule has 1 aromatic rings. The van der Waals surface area contributed by atoms with Gasteiger partial charge in [-0.25, -0.2) is 0 Å². The van der Waals surface area contributed by atoms with Crippen molar-refractivity contribution in [3.63, 3.8) is 0 Å². The Kier molecular flexibility index (Phi) is 3.64. The lowest BCUT2D eigenvalue weighted by Gasteiger charge is -2.13. The molecule has 2 rings (SSSR count). The van der Waals surface area contributed by atoms with Gasteiger partial charge in [0.15, 0.2) is 11.5 Å². The van der Waals surface area contributed by atoms with Crippen LogP contribution in [-0.2, 0) is 11.2 Å². The number of methoxy groups -OCH3 is 1. The van der Waals surface area contributed by atoms with E-state index < -0.39 is 0 Å². The average Bonchev–Trinajstić information content (AvgIpc) is 2.75. The molecule has 0 bridgehead atoms. The summed E-state index contributed by atoms with van der Waals surface area (Å²) < 4.78 is 15.7. The van der Waals surface area contributed by atoms with Crippen molar-refractivity contribution in [3.05, 3.63) is 23.8 Å². The van der Waals surface area contributed by atoms with Crippen molar-refractivity contribution >= 4 is 0 Å². The number of ether oxygens (including phenoxy) is 3. The molecule has 0 aliphatic carbocycles. The van der Waals surface area contributed by atoms with Crippen LogP contribution in [0.5, 0.6) is 11.5 Å². The molecule has 0 fully saturated rings. The topological polar surface area (TPSA) is 53.7 Å². The van der Waals surface area contributed by atoms with Crippen LogP contribution in [0.1, 0.15) is 5.56 Å². The number of hydrogen-bond donors (Lipinski definition) is 1. The Bertz CT molecular complexity index is 354. The molecule has 1 atom stereocenters. The maximum absolute atomic E-state index is 5.68. The number of hydrogen-bond acceptors (Lipinski definition) is 4. The Hall–Kier alpha value is -1.26. The van der Waals surface area contributed by atoms with E-state index in [1.54, 1.807) is 7.11 Å². The van der Waals surface area contributed by atoms with Crippen molar-refractivity contribution in [2.75, 3.05) is 27.1 Å². The van der Waals surface area contributed by atoms with Gasteiger partial charge in [0.2, 0.25) is 6.79 Å². The lowest BCUT2D eigenvalue weighted by atomic mass is 10.00. The largest absolute Gasteiger partial charge is 0.454 e. The van der Waals surface area contributed by atoms with Gasteiger partial charge >= 0.3 is 0 Å². The van der Waals surface area contributed by atoms with Gasteiger partial charge in [0.05, 0.1) is 6.61 Å². The molecule has 4 nitrogen and oxygen atoms in total. The van der Waals surface area contributed by atoms with Crippen molar-refractivity contribution in [1.29, 1.82) is 0 Å². The fourth-order valence-electron chi connectivity index (χ4n) is 1.85. The fraction of sp³-hybridized carbons (Fsp3) is 0.500. The first-order chi connectivity index (χ1) is 7.83. The summed E-state index contributed by atoms with van der Waals surface area (Å²) in [6.07, 6.45) is 0.904. The van der Waals surface area contributed by atoms with E-state index in [4.69, 9.17) is 19.9 Å². The van der Waals surface area contributed by atoms with E-state index in [1.165, 1.54) is 5.56 Å². The molecule has 0 saturated heterocycles. The molecule has 2 N–H and O–H groups in total. The molecule has 0 radical (unpaired) electrons. The smallest absolute Gasteiger partial charge is 0.231 e. The van der Waals surface area contributed by atoms with E-state index >= 15 is 0 Å². The highest BCUT2D eigenvalue weighted by Gasteiger charge is 2.15. The van der Waals surface area contributed by atoms with Crippen LogP contribution in [0.3, 0.4) is 0 Å². The Morgan fingerprint density at radius 2 is 2.19 bits per heavy atom. The molecule has 1 heterocycles. The van der Waals surface area contributed by atoms with Gasteiger partial charge < -0.3 is 19.9 Å². The van der Waals surface area contributed by atoms with Crippen LogP contribution in [-0.4, -0.2) is 27.1 Å². The average molecular weight is 223 g/mol. The molecular formula is C12H17NO3. The quantitative estimate of drug-likeness (QED) is 0.814. The summed E-state index contributed by atoms with van der Waals surface area (Å²) >= 11 is 0. The summed E-state index contributed by atoms with van der Waals surface area (Å²) in [5.74, 6) is 2.00. The van der Waals surface area contributed by atoms with Crippen molar-refractivity contribution < 1.29 is 14.2 Å². The summed E-state index contributed by atoms with van der Waals surface area (Å²) in [5.41, 5.74) is 6.89. The van der Waals surface area contributed by atoms with Crippen LogP contribution in [0.25, 0.3) is 0 Å². The first-order valence-electron chi connectivity index (χ1n) is 5.41. The molecule has 1 unspecified atom stereocenters. The van der Waals surface area contributed by atoms with E-state index in [1.807, 2.05) is 18.2 Å². The third kappa shape index (κ3) is 2.46. The first-order valence-corrected chi connectivity index (χ1v) is 5.41. The maximum Gasteiger partial charge on any atom is 0.231 e. The normalized spacial score (nSPS) is 15.1. The van der Waals surface area contributed by atoms with Crippen LogP contribution < -0.4 is 15.2 Å². The Labute approximate surface area is 95.3 Å². The summed E-state index contributed by atoms with van der Waals surface area (Å²) in [6.45, 7) is 1.63. The lowest BCUT2D eigenvalue weighted by molar-refractivity contribution is 0.155. The second-order valence-corrected chi connectivity index (χ2v) is 3.95. The zero-order chi connectivity index (χ0) is 11.4. The zero-order valence-corrected chi connectivity index (χ0v) is 9.44. The molecule has 1 aromatic carbocycles. The molecular weight excluding hydrogens is 206 g/mol. The van der Waals surface area contributed by atoms with Crippen LogP contribution in [0, 0.1) is 5.92 Å². The lowest BCUT2D eigenvalue weighted by Crippen LogP contribution is -2.21. The van der Waals surface area contributed by atoms with Gasteiger partial charge in [0.25, 0.3) is 0 Å². The second kappa shape index (κ2) is 5.18. The predicted molar refractivity (Wildman–Crippen MR) is 60.7 cm³/mol. The second-order valence-electron chi connectivity index (χ2n) is 3.95. The third-order valence-electron chi connectivity index (χ3n) is 2.70. The fourth-order valence-corrected chi connectivity index (χ4v) is 1.85. The highest BCUT2D eigenvalue weighted by Crippen LogP contribution is 2.33. The van der Waals surface area contributed by atoms with Crippen LogP contribution in [0.2, 0.25) is 0 Å². The minimum atomic E-state index is 0.317. The SMILES string of the molecule is COCC(CN)Cc1ccc2c(c1)OCO2. The van der Waals surface area contributed by atoms with E-state index in [0.717, 1.165) is 17.9 Å². The van der Waals surface area contributed by atoms with Crippen molar-refractivity contribution in [2.24, 2.45) is 11.7 Å². The first kappa shape index (κ1) is 11.2. The number of rotatable bonds is 5. The van der Waals surface area contributed by atoms with Crippen molar-refractivity contribution in [1.82, 2.24) is 0 Å². The molecule has 0 amide bonds.